The Morgan fingerprint density at radius 2 is 2.10 bits per heavy atom. The second kappa shape index (κ2) is 5.97. The van der Waals surface area contributed by atoms with Crippen LogP contribution >= 0.6 is 0 Å². The first kappa shape index (κ1) is 14.2. The van der Waals surface area contributed by atoms with E-state index in [9.17, 15) is 4.79 Å². The van der Waals surface area contributed by atoms with E-state index in [0.717, 1.165) is 29.3 Å². The third-order valence-electron chi connectivity index (χ3n) is 4.91. The normalized spacial score (nSPS) is 22.4. The van der Waals surface area contributed by atoms with Crippen molar-refractivity contribution in [1.29, 1.82) is 0 Å². The molecule has 110 valence electrons. The van der Waals surface area contributed by atoms with Crippen LogP contribution in [0.3, 0.4) is 0 Å². The molecule has 2 unspecified atom stereocenters. The number of ketones is 1. The van der Waals surface area contributed by atoms with Crippen molar-refractivity contribution in [3.8, 4) is 0 Å². The highest BCUT2D eigenvalue weighted by atomic mass is 16.1. The van der Waals surface area contributed by atoms with E-state index < -0.39 is 0 Å². The van der Waals surface area contributed by atoms with Gasteiger partial charge in [0.1, 0.15) is 5.69 Å². The summed E-state index contributed by atoms with van der Waals surface area (Å²) in [5.41, 5.74) is 2.74. The summed E-state index contributed by atoms with van der Waals surface area (Å²) in [6.07, 6.45) is 5.73. The molecule has 0 spiro atoms. The number of benzene rings is 1. The highest BCUT2D eigenvalue weighted by Crippen LogP contribution is 2.33. The minimum atomic E-state index is 0.178. The van der Waals surface area contributed by atoms with Gasteiger partial charge in [0.05, 0.1) is 5.52 Å². The van der Waals surface area contributed by atoms with Crippen molar-refractivity contribution in [2.45, 2.75) is 46.0 Å². The summed E-state index contributed by atoms with van der Waals surface area (Å²) >= 11 is 0. The third-order valence-corrected chi connectivity index (χ3v) is 4.91. The summed E-state index contributed by atoms with van der Waals surface area (Å²) < 4.78 is 0. The Balaban J connectivity index is 1.91. The van der Waals surface area contributed by atoms with E-state index in [1.807, 2.05) is 24.3 Å². The molecular weight excluding hydrogens is 258 g/mol. The fourth-order valence-electron chi connectivity index (χ4n) is 3.58. The lowest BCUT2D eigenvalue weighted by Gasteiger charge is -2.27. The minimum absolute atomic E-state index is 0.178. The number of para-hydroxylation sites is 1. The van der Waals surface area contributed by atoms with Crippen molar-refractivity contribution >= 4 is 16.7 Å². The van der Waals surface area contributed by atoms with Crippen molar-refractivity contribution in [3.63, 3.8) is 0 Å². The number of carbonyl (C=O) groups is 1. The maximum absolute atomic E-state index is 12.8. The highest BCUT2D eigenvalue weighted by molar-refractivity contribution is 5.98. The SMILES string of the molecule is CCC1CCCC(C(=O)c2cc(C)c3ccccc3n2)C1. The van der Waals surface area contributed by atoms with Gasteiger partial charge in [-0.25, -0.2) is 4.98 Å². The molecule has 0 bridgehead atoms. The maximum Gasteiger partial charge on any atom is 0.184 e. The number of rotatable bonds is 3. The summed E-state index contributed by atoms with van der Waals surface area (Å²) in [6, 6.07) is 10.0. The Bertz CT molecular complexity index is 662. The van der Waals surface area contributed by atoms with Gasteiger partial charge in [0, 0.05) is 11.3 Å². The molecule has 1 heterocycles. The molecule has 1 saturated carbocycles. The third kappa shape index (κ3) is 2.85. The fraction of sp³-hybridized carbons (Fsp3) is 0.474. The molecule has 1 aliphatic rings. The number of fused-ring (bicyclic) bond motifs is 1. The van der Waals surface area contributed by atoms with E-state index in [1.165, 1.54) is 19.3 Å². The molecule has 2 heteroatoms. The van der Waals surface area contributed by atoms with Gasteiger partial charge in [0.15, 0.2) is 5.78 Å². The topological polar surface area (TPSA) is 30.0 Å². The number of aromatic nitrogens is 1. The second-order valence-corrected chi connectivity index (χ2v) is 6.34. The summed E-state index contributed by atoms with van der Waals surface area (Å²) in [4.78, 5) is 17.4. The Morgan fingerprint density at radius 3 is 2.90 bits per heavy atom. The van der Waals surface area contributed by atoms with Crippen LogP contribution in [0.2, 0.25) is 0 Å². The zero-order valence-electron chi connectivity index (χ0n) is 12.9. The molecule has 1 aromatic heterocycles. The van der Waals surface area contributed by atoms with Crippen molar-refractivity contribution in [2.24, 2.45) is 11.8 Å². The Labute approximate surface area is 126 Å². The number of hydrogen-bond acceptors (Lipinski definition) is 2. The van der Waals surface area contributed by atoms with Gasteiger partial charge in [-0.2, -0.15) is 0 Å². The molecule has 2 aromatic rings. The van der Waals surface area contributed by atoms with Gasteiger partial charge in [-0.15, -0.1) is 0 Å². The molecule has 1 aromatic carbocycles. The number of pyridine rings is 1. The standard InChI is InChI=1S/C19H23NO/c1-3-14-7-6-8-15(12-14)19(21)18-11-13(2)16-9-4-5-10-17(16)20-18/h4-5,9-11,14-15H,3,6-8,12H2,1-2H3. The van der Waals surface area contributed by atoms with Gasteiger partial charge in [-0.3, -0.25) is 4.79 Å². The van der Waals surface area contributed by atoms with E-state index in [1.54, 1.807) is 0 Å². The number of nitrogens with zero attached hydrogens (tertiary/aromatic N) is 1. The lowest BCUT2D eigenvalue weighted by molar-refractivity contribution is 0.0857. The number of Topliss-reactive ketones (excluding diaryl/α,β-unsaturated/α-hetero) is 1. The van der Waals surface area contributed by atoms with E-state index in [2.05, 4.69) is 24.9 Å². The van der Waals surface area contributed by atoms with Gasteiger partial charge in [-0.1, -0.05) is 44.4 Å². The predicted octanol–water partition coefficient (Wildman–Crippen LogP) is 4.94. The van der Waals surface area contributed by atoms with Crippen molar-refractivity contribution in [2.75, 3.05) is 0 Å². The average molecular weight is 281 g/mol. The minimum Gasteiger partial charge on any atom is -0.292 e. The van der Waals surface area contributed by atoms with Crippen LogP contribution in [0, 0.1) is 18.8 Å². The summed E-state index contributed by atoms with van der Waals surface area (Å²) in [7, 11) is 0. The van der Waals surface area contributed by atoms with Crippen LogP contribution in [0.5, 0.6) is 0 Å². The molecule has 0 aliphatic heterocycles. The van der Waals surface area contributed by atoms with E-state index >= 15 is 0 Å². The molecule has 2 nitrogen and oxygen atoms in total. The molecule has 2 atom stereocenters. The van der Waals surface area contributed by atoms with Gasteiger partial charge >= 0.3 is 0 Å². The van der Waals surface area contributed by atoms with Crippen LogP contribution in [0.4, 0.5) is 0 Å². The smallest absolute Gasteiger partial charge is 0.184 e. The maximum atomic E-state index is 12.8. The van der Waals surface area contributed by atoms with Crippen molar-refractivity contribution in [1.82, 2.24) is 4.98 Å². The summed E-state index contributed by atoms with van der Waals surface area (Å²) in [6.45, 7) is 4.30. The number of aryl methyl sites for hydroxylation is 1. The van der Waals surface area contributed by atoms with Crippen LogP contribution in [0.15, 0.2) is 30.3 Å². The molecular formula is C19H23NO. The van der Waals surface area contributed by atoms with E-state index in [-0.39, 0.29) is 11.7 Å². The fourth-order valence-corrected chi connectivity index (χ4v) is 3.58. The summed E-state index contributed by atoms with van der Waals surface area (Å²) in [5.74, 6) is 1.15. The van der Waals surface area contributed by atoms with Crippen molar-refractivity contribution < 1.29 is 4.79 Å². The van der Waals surface area contributed by atoms with Gasteiger partial charge in [0.2, 0.25) is 0 Å². The monoisotopic (exact) mass is 281 g/mol. The Hall–Kier alpha value is -1.70. The van der Waals surface area contributed by atoms with Gasteiger partial charge < -0.3 is 0 Å². The van der Waals surface area contributed by atoms with Crippen LogP contribution in [-0.4, -0.2) is 10.8 Å². The van der Waals surface area contributed by atoms with Crippen molar-refractivity contribution in [3.05, 3.63) is 41.6 Å². The first-order chi connectivity index (χ1) is 10.2. The Kier molecular flexibility index (Phi) is 4.05. The first-order valence-corrected chi connectivity index (χ1v) is 8.09. The molecule has 0 amide bonds. The van der Waals surface area contributed by atoms with E-state index in [0.29, 0.717) is 11.6 Å². The van der Waals surface area contributed by atoms with Gasteiger partial charge in [0.25, 0.3) is 0 Å². The molecule has 0 radical (unpaired) electrons. The lowest BCUT2D eigenvalue weighted by Crippen LogP contribution is -2.23. The summed E-state index contributed by atoms with van der Waals surface area (Å²) in [5, 5.41) is 1.14. The zero-order valence-corrected chi connectivity index (χ0v) is 12.9. The Morgan fingerprint density at radius 1 is 1.29 bits per heavy atom. The second-order valence-electron chi connectivity index (χ2n) is 6.34. The number of carbonyl (C=O) groups excluding carboxylic acids is 1. The number of hydrogen-bond donors (Lipinski definition) is 0. The first-order valence-electron chi connectivity index (χ1n) is 8.09. The van der Waals surface area contributed by atoms with Crippen LogP contribution in [-0.2, 0) is 0 Å². The lowest BCUT2D eigenvalue weighted by atomic mass is 9.77. The molecule has 3 rings (SSSR count). The van der Waals surface area contributed by atoms with Gasteiger partial charge in [-0.05, 0) is 43.4 Å². The molecule has 21 heavy (non-hydrogen) atoms. The largest absolute Gasteiger partial charge is 0.292 e. The molecule has 1 fully saturated rings. The molecule has 0 saturated heterocycles. The van der Waals surface area contributed by atoms with E-state index in [4.69, 9.17) is 0 Å². The highest BCUT2D eigenvalue weighted by Gasteiger charge is 2.28. The quantitative estimate of drug-likeness (QED) is 0.746. The predicted molar refractivity (Wildman–Crippen MR) is 86.5 cm³/mol. The van der Waals surface area contributed by atoms with Crippen LogP contribution < -0.4 is 0 Å². The molecule has 1 aliphatic carbocycles. The van der Waals surface area contributed by atoms with Crippen LogP contribution in [0.25, 0.3) is 10.9 Å². The molecule has 0 N–H and O–H groups in total. The average Bonchev–Trinajstić information content (AvgIpc) is 2.54. The zero-order chi connectivity index (χ0) is 14.8. The van der Waals surface area contributed by atoms with Crippen LogP contribution in [0.1, 0.15) is 55.1 Å².